The number of nitrogens with zero attached hydrogens (tertiary/aromatic N) is 5. The number of anilines is 1. The van der Waals surface area contributed by atoms with Crippen LogP contribution in [-0.4, -0.2) is 83.4 Å². The van der Waals surface area contributed by atoms with Crippen molar-refractivity contribution in [2.75, 3.05) is 46.2 Å². The maximum Gasteiger partial charge on any atom is 0.160 e. The molecule has 3 aromatic rings. The largest absolute Gasteiger partial charge is 0.383 e. The van der Waals surface area contributed by atoms with Gasteiger partial charge in [0.25, 0.3) is 0 Å². The second-order valence-electron chi connectivity index (χ2n) is 12.6. The maximum absolute atomic E-state index is 5.51. The van der Waals surface area contributed by atoms with Gasteiger partial charge in [-0.2, -0.15) is 0 Å². The van der Waals surface area contributed by atoms with Gasteiger partial charge in [-0.1, -0.05) is 43.7 Å². The summed E-state index contributed by atoms with van der Waals surface area (Å²) in [5.41, 5.74) is 4.53. The van der Waals surface area contributed by atoms with E-state index in [9.17, 15) is 0 Å². The number of nitrogens with one attached hydrogen (secondary N) is 2. The minimum Gasteiger partial charge on any atom is -0.383 e. The van der Waals surface area contributed by atoms with Gasteiger partial charge < -0.3 is 19.9 Å². The number of fused-ring (bicyclic) bond motifs is 1. The fourth-order valence-corrected chi connectivity index (χ4v) is 7.35. The highest BCUT2D eigenvalue weighted by atomic mass is 16.5. The molecule has 2 fully saturated rings. The van der Waals surface area contributed by atoms with E-state index in [1.807, 2.05) is 6.20 Å². The van der Waals surface area contributed by atoms with Crippen molar-refractivity contribution in [3.8, 4) is 0 Å². The van der Waals surface area contributed by atoms with Gasteiger partial charge in [-0.25, -0.2) is 9.97 Å². The Morgan fingerprint density at radius 3 is 2.46 bits per heavy atom. The SMILES string of the molecule is CCCC(c1nc2cc(N[C@H]3CC[C@@](c4ccccc4)(N(C)C)CC3)cnc2n1CCOC)N1C[C@@H](C)N[C@@H](C)C1. The van der Waals surface area contributed by atoms with Gasteiger partial charge in [0.05, 0.1) is 24.5 Å². The predicted molar refractivity (Wildman–Crippen MR) is 168 cm³/mol. The monoisotopic (exact) mass is 561 g/mol. The number of aromatic nitrogens is 3. The lowest BCUT2D eigenvalue weighted by atomic mass is 9.74. The number of ether oxygens (including phenoxy) is 1. The fourth-order valence-electron chi connectivity index (χ4n) is 7.35. The first-order valence-electron chi connectivity index (χ1n) is 15.7. The quantitative estimate of drug-likeness (QED) is 0.324. The molecule has 0 radical (unpaired) electrons. The highest BCUT2D eigenvalue weighted by molar-refractivity contribution is 5.76. The van der Waals surface area contributed by atoms with Crippen LogP contribution in [0.25, 0.3) is 11.2 Å². The summed E-state index contributed by atoms with van der Waals surface area (Å²) in [7, 11) is 6.22. The third-order valence-corrected chi connectivity index (χ3v) is 9.37. The van der Waals surface area contributed by atoms with E-state index in [1.165, 1.54) is 5.56 Å². The van der Waals surface area contributed by atoms with Crippen LogP contribution >= 0.6 is 0 Å². The zero-order valence-corrected chi connectivity index (χ0v) is 26.1. The van der Waals surface area contributed by atoms with Crippen molar-refractivity contribution in [2.45, 2.75) is 95.5 Å². The van der Waals surface area contributed by atoms with Crippen molar-refractivity contribution in [3.63, 3.8) is 0 Å². The molecule has 2 N–H and O–H groups in total. The van der Waals surface area contributed by atoms with Gasteiger partial charge in [-0.05, 0) is 71.7 Å². The Morgan fingerprint density at radius 2 is 1.83 bits per heavy atom. The molecule has 41 heavy (non-hydrogen) atoms. The Hall–Kier alpha value is -2.52. The number of hydrogen-bond acceptors (Lipinski definition) is 7. The predicted octanol–water partition coefficient (Wildman–Crippen LogP) is 5.41. The lowest BCUT2D eigenvalue weighted by Crippen LogP contribution is -2.55. The first-order valence-corrected chi connectivity index (χ1v) is 15.7. The Kier molecular flexibility index (Phi) is 9.64. The maximum atomic E-state index is 5.51. The van der Waals surface area contributed by atoms with Gasteiger partial charge in [-0.3, -0.25) is 9.80 Å². The van der Waals surface area contributed by atoms with Crippen molar-refractivity contribution in [1.82, 2.24) is 29.7 Å². The summed E-state index contributed by atoms with van der Waals surface area (Å²) in [5, 5.41) is 7.52. The molecule has 1 saturated heterocycles. The van der Waals surface area contributed by atoms with E-state index < -0.39 is 0 Å². The van der Waals surface area contributed by atoms with Gasteiger partial charge in [0.1, 0.15) is 11.3 Å². The lowest BCUT2D eigenvalue weighted by Gasteiger charge is -2.46. The molecule has 8 nitrogen and oxygen atoms in total. The van der Waals surface area contributed by atoms with Crippen molar-refractivity contribution in [2.24, 2.45) is 0 Å². The van der Waals surface area contributed by atoms with Crippen LogP contribution in [0.15, 0.2) is 42.6 Å². The number of rotatable bonds is 11. The summed E-state index contributed by atoms with van der Waals surface area (Å²) in [6.07, 6.45) is 8.71. The smallest absolute Gasteiger partial charge is 0.160 e. The Bertz CT molecular complexity index is 1240. The normalized spacial score (nSPS) is 26.5. The Labute approximate surface area is 246 Å². The topological polar surface area (TPSA) is 70.5 Å². The molecular weight excluding hydrogens is 510 g/mol. The molecule has 8 heteroatoms. The summed E-state index contributed by atoms with van der Waals surface area (Å²) in [6.45, 7) is 10.3. The molecule has 0 spiro atoms. The third kappa shape index (κ3) is 6.46. The summed E-state index contributed by atoms with van der Waals surface area (Å²) >= 11 is 0. The first kappa shape index (κ1) is 30.0. The third-order valence-electron chi connectivity index (χ3n) is 9.37. The highest BCUT2D eigenvalue weighted by Crippen LogP contribution is 2.42. The minimum absolute atomic E-state index is 0.101. The number of pyridine rings is 1. The van der Waals surface area contributed by atoms with E-state index in [1.54, 1.807) is 7.11 Å². The Balaban J connectivity index is 1.37. The van der Waals surface area contributed by atoms with Gasteiger partial charge in [0.2, 0.25) is 0 Å². The highest BCUT2D eigenvalue weighted by Gasteiger charge is 2.38. The minimum atomic E-state index is 0.101. The molecule has 3 atom stereocenters. The molecule has 1 unspecified atom stereocenters. The standard InChI is InChI=1S/C33H51N7O/c1-7-11-30(39-22-24(2)35-25(3)23-39)32-37-29-20-28(21-34-31(29)40(32)18-19-41-6)36-27-14-16-33(17-15-27,38(4)5)26-12-9-8-10-13-26/h8-10,12-13,20-21,24-25,27,30,35-36H,7,11,14-19,22-23H2,1-6H3/t24-,25+,27-,30?,33+. The van der Waals surface area contributed by atoms with Gasteiger partial charge in [0, 0.05) is 50.4 Å². The van der Waals surface area contributed by atoms with E-state index in [0.717, 1.165) is 80.8 Å². The van der Waals surface area contributed by atoms with E-state index in [4.69, 9.17) is 14.7 Å². The molecule has 2 aliphatic rings. The summed E-state index contributed by atoms with van der Waals surface area (Å²) < 4.78 is 7.82. The molecule has 1 saturated carbocycles. The zero-order chi connectivity index (χ0) is 29.0. The van der Waals surface area contributed by atoms with E-state index >= 15 is 0 Å². The average Bonchev–Trinajstić information content (AvgIpc) is 3.32. The number of piperazine rings is 1. The summed E-state index contributed by atoms with van der Waals surface area (Å²) in [6, 6.07) is 14.9. The average molecular weight is 562 g/mol. The molecule has 5 rings (SSSR count). The van der Waals surface area contributed by atoms with Crippen LogP contribution in [0, 0.1) is 0 Å². The number of methoxy groups -OCH3 is 1. The van der Waals surface area contributed by atoms with Crippen molar-refractivity contribution in [1.29, 1.82) is 0 Å². The second-order valence-corrected chi connectivity index (χ2v) is 12.6. The van der Waals surface area contributed by atoms with Crippen LogP contribution in [0.5, 0.6) is 0 Å². The van der Waals surface area contributed by atoms with Gasteiger partial charge in [-0.15, -0.1) is 0 Å². The van der Waals surface area contributed by atoms with Crippen molar-refractivity contribution < 1.29 is 4.74 Å². The Morgan fingerprint density at radius 1 is 1.12 bits per heavy atom. The molecule has 224 valence electrons. The van der Waals surface area contributed by atoms with Crippen LogP contribution in [-0.2, 0) is 16.8 Å². The molecule has 3 heterocycles. The van der Waals surface area contributed by atoms with Crippen molar-refractivity contribution >= 4 is 16.9 Å². The van der Waals surface area contributed by atoms with Crippen LogP contribution < -0.4 is 10.6 Å². The summed E-state index contributed by atoms with van der Waals surface area (Å²) in [5.74, 6) is 1.13. The molecule has 0 amide bonds. The summed E-state index contributed by atoms with van der Waals surface area (Å²) in [4.78, 5) is 15.3. The van der Waals surface area contributed by atoms with Crippen LogP contribution in [0.1, 0.15) is 76.7 Å². The van der Waals surface area contributed by atoms with Gasteiger partial charge in [0.15, 0.2) is 5.65 Å². The molecule has 1 aliphatic heterocycles. The van der Waals surface area contributed by atoms with Gasteiger partial charge >= 0.3 is 0 Å². The zero-order valence-electron chi connectivity index (χ0n) is 26.1. The van der Waals surface area contributed by atoms with E-state index in [-0.39, 0.29) is 11.6 Å². The van der Waals surface area contributed by atoms with Crippen LogP contribution in [0.2, 0.25) is 0 Å². The number of hydrogen-bond donors (Lipinski definition) is 2. The first-order chi connectivity index (χ1) is 19.8. The fraction of sp³-hybridized carbons (Fsp3) is 0.636. The van der Waals surface area contributed by atoms with E-state index in [2.05, 4.69) is 96.3 Å². The lowest BCUT2D eigenvalue weighted by molar-refractivity contribution is 0.0945. The van der Waals surface area contributed by atoms with Crippen LogP contribution in [0.4, 0.5) is 5.69 Å². The second kappa shape index (κ2) is 13.2. The molecule has 1 aliphatic carbocycles. The van der Waals surface area contributed by atoms with Crippen LogP contribution in [0.3, 0.4) is 0 Å². The molecule has 1 aromatic carbocycles. The van der Waals surface area contributed by atoms with Crippen molar-refractivity contribution in [3.05, 3.63) is 54.0 Å². The molecule has 2 aromatic heterocycles. The van der Waals surface area contributed by atoms with E-state index in [0.29, 0.717) is 24.7 Å². The molecular formula is C33H51N7O. The number of imidazole rings is 1. The number of benzene rings is 1. The molecule has 0 bridgehead atoms.